The second-order valence-electron chi connectivity index (χ2n) is 0.447. The van der Waals surface area contributed by atoms with Crippen LogP contribution < -0.4 is 14.7 Å². The van der Waals surface area contributed by atoms with E-state index in [0.717, 1.165) is 0 Å². The van der Waals surface area contributed by atoms with Crippen LogP contribution in [-0.4, -0.2) is 22.8 Å². The van der Waals surface area contributed by atoms with Gasteiger partial charge in [0, 0.05) is 0 Å². The molecule has 0 aromatic carbocycles. The average molecular weight is 195 g/mol. The Bertz CT molecular complexity index is 58.6. The van der Waals surface area contributed by atoms with Crippen LogP contribution in [0, 0.1) is 0 Å². The van der Waals surface area contributed by atoms with Crippen LogP contribution in [0.4, 0.5) is 0 Å². The maximum Gasteiger partial charge on any atom is 3.00 e. The first-order valence-corrected chi connectivity index (χ1v) is 2.19. The van der Waals surface area contributed by atoms with Gasteiger partial charge in [0.2, 0.25) is 0 Å². The summed E-state index contributed by atoms with van der Waals surface area (Å²) in [7, 11) is -5.39. The smallest absolute Gasteiger partial charge is 0.870 e. The minimum absolute atomic E-state index is 0. The van der Waals surface area contributed by atoms with Gasteiger partial charge in [-0.2, -0.15) is 7.82 Å². The Hall–Kier alpha value is 1.12. The predicted molar refractivity (Wildman–Crippen MR) is 15.3 cm³/mol. The molecule has 0 bridgehead atoms. The van der Waals surface area contributed by atoms with Gasteiger partial charge in [-0.05, 0) is 0 Å². The molecule has 0 aliphatic rings. The molecule has 8 heteroatoms. The zero-order valence-electron chi connectivity index (χ0n) is 3.46. The monoisotopic (exact) mass is 195 g/mol. The van der Waals surface area contributed by atoms with Crippen molar-refractivity contribution < 1.29 is 41.8 Å². The van der Waals surface area contributed by atoms with Crippen LogP contribution in [0.3, 0.4) is 0 Å². The minimum atomic E-state index is -5.39. The van der Waals surface area contributed by atoms with Crippen molar-refractivity contribution in [3.8, 4) is 0 Å². The summed E-state index contributed by atoms with van der Waals surface area (Å²) in [5.41, 5.74) is 0. The van der Waals surface area contributed by atoms with Crippen molar-refractivity contribution in [2.24, 2.45) is 0 Å². The van der Waals surface area contributed by atoms with E-state index in [1.54, 1.807) is 0 Å². The molecule has 0 saturated carbocycles. The van der Waals surface area contributed by atoms with Crippen LogP contribution in [0.15, 0.2) is 0 Å². The van der Waals surface area contributed by atoms with Crippen LogP contribution in [0.5, 0.6) is 0 Å². The van der Waals surface area contributed by atoms with E-state index in [-0.39, 0.29) is 39.9 Å². The van der Waals surface area contributed by atoms with Gasteiger partial charge in [-0.25, -0.2) is 0 Å². The standard InChI is InChI=1S/Al.Fe.H3O4P.H2O/c;;1-5(2,3)4;/h;;(H3,1,2,3,4);1H2/q+3;+2;;/p-4. The zero-order chi connectivity index (χ0) is 4.50. The van der Waals surface area contributed by atoms with E-state index in [0.29, 0.717) is 0 Å². The second kappa shape index (κ2) is 8.12. The molecule has 0 aliphatic heterocycles. The van der Waals surface area contributed by atoms with Gasteiger partial charge in [0.1, 0.15) is 0 Å². The summed E-state index contributed by atoms with van der Waals surface area (Å²) in [6.07, 6.45) is 0. The van der Waals surface area contributed by atoms with Crippen molar-refractivity contribution in [3.63, 3.8) is 0 Å². The van der Waals surface area contributed by atoms with Gasteiger partial charge in [0.25, 0.3) is 0 Å². The van der Waals surface area contributed by atoms with Gasteiger partial charge in [-0.1, -0.05) is 0 Å². The first-order chi connectivity index (χ1) is 2.00. The van der Waals surface area contributed by atoms with E-state index >= 15 is 0 Å². The summed E-state index contributed by atoms with van der Waals surface area (Å²) in [6.45, 7) is 0. The zero-order valence-corrected chi connectivity index (χ0v) is 6.61. The number of hydrogen-bond acceptors (Lipinski definition) is 5. The average Bonchev–Trinajstić information content (AvgIpc) is 0.722. The quantitative estimate of drug-likeness (QED) is 0.295. The molecule has 1 N–H and O–H groups in total. The molecule has 0 atom stereocenters. The van der Waals surface area contributed by atoms with Gasteiger partial charge >= 0.3 is 34.4 Å². The molecule has 0 heterocycles. The fraction of sp³-hybridized carbons (Fsp3) is 0. The molecule has 0 fully saturated rings. The molecule has 0 aromatic heterocycles. The molecule has 0 spiro atoms. The molecule has 0 saturated heterocycles. The van der Waals surface area contributed by atoms with E-state index in [4.69, 9.17) is 19.2 Å². The van der Waals surface area contributed by atoms with E-state index < -0.39 is 7.82 Å². The van der Waals surface area contributed by atoms with Crippen LogP contribution in [0.2, 0.25) is 0 Å². The van der Waals surface area contributed by atoms with Gasteiger partial charge in [0.05, 0.1) is 0 Å². The Morgan fingerprint density at radius 3 is 1.12 bits per heavy atom. The fourth-order valence-electron chi connectivity index (χ4n) is 0. The van der Waals surface area contributed by atoms with Gasteiger partial charge in [0.15, 0.2) is 0 Å². The molecule has 0 aliphatic carbocycles. The molecule has 0 amide bonds. The number of hydrogen-bond donors (Lipinski definition) is 0. The summed E-state index contributed by atoms with van der Waals surface area (Å²) < 4.78 is 8.55. The van der Waals surface area contributed by atoms with E-state index in [9.17, 15) is 0 Å². The van der Waals surface area contributed by atoms with E-state index in [2.05, 4.69) is 0 Å². The molecule has 0 aromatic rings. The van der Waals surface area contributed by atoms with Crippen LogP contribution >= 0.6 is 7.82 Å². The maximum absolute atomic E-state index is 8.55. The van der Waals surface area contributed by atoms with Gasteiger partial charge < -0.3 is 24.7 Å². The van der Waals surface area contributed by atoms with Crippen molar-refractivity contribution in [2.75, 3.05) is 0 Å². The number of phosphoric acid groups is 1. The Balaban J connectivity index is -0.0000000267. The maximum atomic E-state index is 8.55. The van der Waals surface area contributed by atoms with E-state index in [1.807, 2.05) is 0 Å². The SMILES string of the molecule is O=P([O-])([O-])[O-].[Al+3].[Fe+2].[OH-]. The molecular formula is HAlFeO5P+. The third-order valence-corrected chi connectivity index (χ3v) is 0. The Kier molecular flexibility index (Phi) is 23.3. The van der Waals surface area contributed by atoms with Crippen molar-refractivity contribution in [3.05, 3.63) is 0 Å². The van der Waals surface area contributed by atoms with Crippen LogP contribution in [0.1, 0.15) is 0 Å². The Labute approximate surface area is 67.3 Å². The third-order valence-electron chi connectivity index (χ3n) is 0. The first-order valence-electron chi connectivity index (χ1n) is 0.730. The molecule has 5 nitrogen and oxygen atoms in total. The molecule has 0 unspecified atom stereocenters. The summed E-state index contributed by atoms with van der Waals surface area (Å²) in [5, 5.41) is 0. The van der Waals surface area contributed by atoms with Crippen molar-refractivity contribution in [2.45, 2.75) is 0 Å². The second-order valence-corrected chi connectivity index (χ2v) is 1.34. The first kappa shape index (κ1) is 22.9. The molecule has 0 rings (SSSR count). The summed E-state index contributed by atoms with van der Waals surface area (Å²) >= 11 is 0. The van der Waals surface area contributed by atoms with Crippen LogP contribution in [-0.2, 0) is 21.6 Å². The van der Waals surface area contributed by atoms with Crippen molar-refractivity contribution in [1.29, 1.82) is 0 Å². The Morgan fingerprint density at radius 2 is 1.12 bits per heavy atom. The summed E-state index contributed by atoms with van der Waals surface area (Å²) in [4.78, 5) is 25.6. The summed E-state index contributed by atoms with van der Waals surface area (Å²) in [5.74, 6) is 0. The third kappa shape index (κ3) is 212. The topological polar surface area (TPSA) is 116 Å². The van der Waals surface area contributed by atoms with Crippen molar-refractivity contribution >= 4 is 25.2 Å². The largest absolute Gasteiger partial charge is 3.00 e. The van der Waals surface area contributed by atoms with Crippen molar-refractivity contribution in [1.82, 2.24) is 0 Å². The molecule has 46 valence electrons. The minimum Gasteiger partial charge on any atom is -0.870 e. The number of rotatable bonds is 0. The molecular weight excluding hydrogens is 194 g/mol. The van der Waals surface area contributed by atoms with Crippen LogP contribution in [0.25, 0.3) is 0 Å². The Morgan fingerprint density at radius 1 is 1.12 bits per heavy atom. The molecule has 0 radical (unpaired) electrons. The predicted octanol–water partition coefficient (Wildman–Crippen LogP) is -3.38. The summed E-state index contributed by atoms with van der Waals surface area (Å²) in [6, 6.07) is 0. The molecule has 8 heavy (non-hydrogen) atoms. The van der Waals surface area contributed by atoms with Gasteiger partial charge in [-0.15, -0.1) is 0 Å². The van der Waals surface area contributed by atoms with E-state index in [1.165, 1.54) is 0 Å². The van der Waals surface area contributed by atoms with Gasteiger partial charge in [-0.3, -0.25) is 0 Å². The fourth-order valence-corrected chi connectivity index (χ4v) is 0. The normalized spacial score (nSPS) is 7.38.